The number of allylic oxidation sites excluding steroid dienone is 2. The first-order valence-corrected chi connectivity index (χ1v) is 12.0. The van der Waals surface area contributed by atoms with Gasteiger partial charge in [0, 0.05) is 16.8 Å². The van der Waals surface area contributed by atoms with Crippen molar-refractivity contribution in [3.8, 4) is 0 Å². The van der Waals surface area contributed by atoms with E-state index in [0.717, 1.165) is 24.5 Å². The molecule has 0 amide bonds. The first kappa shape index (κ1) is 22.3. The maximum absolute atomic E-state index is 12.7. The molecule has 2 bridgehead atoms. The second-order valence-electron chi connectivity index (χ2n) is 8.66. The molecule has 0 aliphatic heterocycles. The summed E-state index contributed by atoms with van der Waals surface area (Å²) in [6, 6.07) is 9.73. The first-order valence-electron chi connectivity index (χ1n) is 10.1. The molecule has 2 N–H and O–H groups in total. The van der Waals surface area contributed by atoms with E-state index in [9.17, 15) is 18.5 Å². The number of nitrogens with one attached hydrogen (secondary N) is 2. The predicted molar refractivity (Wildman–Crippen MR) is 126 cm³/mol. The van der Waals surface area contributed by atoms with E-state index in [-0.39, 0.29) is 21.7 Å². The monoisotopic (exact) mass is 474 g/mol. The molecule has 1 fully saturated rings. The Morgan fingerprint density at radius 2 is 1.94 bits per heavy atom. The van der Waals surface area contributed by atoms with Gasteiger partial charge in [-0.05, 0) is 72.1 Å². The Labute approximate surface area is 191 Å². The minimum atomic E-state index is -4.02. The van der Waals surface area contributed by atoms with E-state index in [2.05, 4.69) is 35.2 Å². The van der Waals surface area contributed by atoms with Gasteiger partial charge in [0.25, 0.3) is 15.7 Å². The lowest BCUT2D eigenvalue weighted by atomic mass is 9.49. The third-order valence-electron chi connectivity index (χ3n) is 6.48. The smallest absolute Gasteiger partial charge is 0.280 e. The summed E-state index contributed by atoms with van der Waals surface area (Å²) in [4.78, 5) is 10.7. The van der Waals surface area contributed by atoms with Crippen molar-refractivity contribution < 1.29 is 13.3 Å². The van der Waals surface area contributed by atoms with Gasteiger partial charge in [0.2, 0.25) is 0 Å². The van der Waals surface area contributed by atoms with Crippen molar-refractivity contribution in [1.82, 2.24) is 0 Å². The Kier molecular flexibility index (Phi) is 5.72. The summed E-state index contributed by atoms with van der Waals surface area (Å²) in [6.07, 6.45) is 6.02. The number of nitro benzene ring substituents is 1. The molecule has 0 heterocycles. The molecule has 168 valence electrons. The van der Waals surface area contributed by atoms with Gasteiger partial charge < -0.3 is 0 Å². The van der Waals surface area contributed by atoms with Gasteiger partial charge in [0.05, 0.1) is 16.0 Å². The highest BCUT2D eigenvalue weighted by molar-refractivity contribution is 7.92. The van der Waals surface area contributed by atoms with E-state index < -0.39 is 14.9 Å². The zero-order chi connectivity index (χ0) is 23.1. The zero-order valence-electron chi connectivity index (χ0n) is 17.6. The minimum absolute atomic E-state index is 0.110. The van der Waals surface area contributed by atoms with E-state index in [4.69, 9.17) is 11.6 Å². The average Bonchev–Trinajstić information content (AvgIpc) is 2.75. The highest BCUT2D eigenvalue weighted by Crippen LogP contribution is 2.58. The summed E-state index contributed by atoms with van der Waals surface area (Å²) >= 11 is 5.81. The number of hydrazone groups is 1. The van der Waals surface area contributed by atoms with Crippen LogP contribution in [0.15, 0.2) is 64.1 Å². The molecular weight excluding hydrogens is 452 g/mol. The molecule has 3 aliphatic rings. The van der Waals surface area contributed by atoms with Crippen molar-refractivity contribution in [3.63, 3.8) is 0 Å². The van der Waals surface area contributed by atoms with Crippen LogP contribution in [0.4, 0.5) is 17.1 Å². The van der Waals surface area contributed by atoms with Crippen molar-refractivity contribution >= 4 is 44.9 Å². The molecule has 2 aromatic carbocycles. The lowest BCUT2D eigenvalue weighted by molar-refractivity contribution is -0.384. The Bertz CT molecular complexity index is 1220. The Morgan fingerprint density at radius 1 is 1.22 bits per heavy atom. The number of hydrogen-bond acceptors (Lipinski definition) is 6. The number of nitrogens with zero attached hydrogens (tertiary/aromatic N) is 2. The maximum Gasteiger partial charge on any atom is 0.295 e. The molecule has 32 heavy (non-hydrogen) atoms. The molecule has 8 nitrogen and oxygen atoms in total. The summed E-state index contributed by atoms with van der Waals surface area (Å²) in [5.74, 6) is 1.14. The SMILES string of the molecule is CC1(C)[C@H]2CC=C(/C=N/Nc3ccc(S(=O)(=O)Nc4ccc(Cl)cc4)cc3[N+](=O)[O-])[C@@H]1C2. The van der Waals surface area contributed by atoms with Crippen molar-refractivity contribution in [2.75, 3.05) is 10.1 Å². The number of sulfonamides is 1. The summed E-state index contributed by atoms with van der Waals surface area (Å²) in [7, 11) is -4.02. The number of anilines is 2. The van der Waals surface area contributed by atoms with Gasteiger partial charge in [-0.3, -0.25) is 20.3 Å². The molecule has 10 heteroatoms. The highest BCUT2D eigenvalue weighted by atomic mass is 35.5. The van der Waals surface area contributed by atoms with Crippen molar-refractivity contribution in [3.05, 3.63) is 69.3 Å². The zero-order valence-corrected chi connectivity index (χ0v) is 19.2. The van der Waals surface area contributed by atoms with Crippen LogP contribution < -0.4 is 10.1 Å². The van der Waals surface area contributed by atoms with E-state index in [1.54, 1.807) is 18.3 Å². The van der Waals surface area contributed by atoms with Crippen LogP contribution in [0.5, 0.6) is 0 Å². The second-order valence-corrected chi connectivity index (χ2v) is 10.8. The van der Waals surface area contributed by atoms with Gasteiger partial charge in [-0.25, -0.2) is 8.42 Å². The average molecular weight is 475 g/mol. The summed E-state index contributed by atoms with van der Waals surface area (Å²) in [5, 5.41) is 16.2. The predicted octanol–water partition coefficient (Wildman–Crippen LogP) is 5.44. The molecule has 2 aromatic rings. The van der Waals surface area contributed by atoms with Gasteiger partial charge in [0.1, 0.15) is 5.69 Å². The number of rotatable bonds is 7. The number of hydrogen-bond donors (Lipinski definition) is 2. The highest BCUT2D eigenvalue weighted by Gasteiger charge is 2.50. The number of fused-ring (bicyclic) bond motifs is 1. The number of nitro groups is 1. The van der Waals surface area contributed by atoms with Crippen molar-refractivity contribution in [1.29, 1.82) is 0 Å². The standard InChI is InChI=1S/C22H23ClN4O4S/c1-22(2)15-4-3-14(19(22)11-15)13-24-25-20-10-9-18(12-21(20)27(28)29)32(30,31)26-17-7-5-16(23)6-8-17/h3,5-10,12-13,15,19,25-26H,4,11H2,1-2H3/b24-13+/t15-,19-/m0/s1. The third-order valence-corrected chi connectivity index (χ3v) is 8.11. The molecule has 0 radical (unpaired) electrons. The fourth-order valence-electron chi connectivity index (χ4n) is 4.38. The fraction of sp³-hybridized carbons (Fsp3) is 0.318. The van der Waals surface area contributed by atoms with Crippen LogP contribution in [0.2, 0.25) is 5.02 Å². The summed E-state index contributed by atoms with van der Waals surface area (Å²) in [6.45, 7) is 4.50. The van der Waals surface area contributed by atoms with Crippen LogP contribution in [0, 0.1) is 27.4 Å². The molecule has 5 rings (SSSR count). The third kappa shape index (κ3) is 4.22. The van der Waals surface area contributed by atoms with Crippen molar-refractivity contribution in [2.45, 2.75) is 31.6 Å². The van der Waals surface area contributed by atoms with Crippen molar-refractivity contribution in [2.24, 2.45) is 22.4 Å². The molecule has 0 saturated heterocycles. The van der Waals surface area contributed by atoms with Crippen LogP contribution >= 0.6 is 11.6 Å². The maximum atomic E-state index is 12.7. The molecule has 1 saturated carbocycles. The van der Waals surface area contributed by atoms with Crippen LogP contribution in [0.25, 0.3) is 0 Å². The van der Waals surface area contributed by atoms with Crippen LogP contribution in [0.1, 0.15) is 26.7 Å². The summed E-state index contributed by atoms with van der Waals surface area (Å²) in [5.41, 5.74) is 4.09. The van der Waals surface area contributed by atoms with Crippen LogP contribution in [-0.4, -0.2) is 19.6 Å². The Hall–Kier alpha value is -2.91. The second kappa shape index (κ2) is 8.22. The number of benzene rings is 2. The fourth-order valence-corrected chi connectivity index (χ4v) is 5.58. The Balaban J connectivity index is 1.52. The van der Waals surface area contributed by atoms with Crippen LogP contribution in [-0.2, 0) is 10.0 Å². The van der Waals surface area contributed by atoms with E-state index >= 15 is 0 Å². The molecule has 0 unspecified atom stereocenters. The molecule has 0 aromatic heterocycles. The lowest BCUT2D eigenvalue weighted by Gasteiger charge is -2.55. The largest absolute Gasteiger partial charge is 0.295 e. The lowest BCUT2D eigenvalue weighted by Crippen LogP contribution is -2.48. The van der Waals surface area contributed by atoms with Gasteiger partial charge in [-0.1, -0.05) is 31.5 Å². The topological polar surface area (TPSA) is 114 Å². The summed E-state index contributed by atoms with van der Waals surface area (Å²) < 4.78 is 27.7. The van der Waals surface area contributed by atoms with E-state index in [0.29, 0.717) is 22.5 Å². The molecular formula is C22H23ClN4O4S. The quantitative estimate of drug-likeness (QED) is 0.315. The molecule has 3 aliphatic carbocycles. The van der Waals surface area contributed by atoms with Gasteiger partial charge in [0.15, 0.2) is 0 Å². The number of halogens is 1. The molecule has 0 spiro atoms. The van der Waals surface area contributed by atoms with Crippen LogP contribution in [0.3, 0.4) is 0 Å². The normalized spacial score (nSPS) is 21.5. The first-order chi connectivity index (χ1) is 15.1. The van der Waals surface area contributed by atoms with Gasteiger partial charge in [-0.15, -0.1) is 0 Å². The Morgan fingerprint density at radius 3 is 2.56 bits per heavy atom. The minimum Gasteiger partial charge on any atom is -0.280 e. The molecule has 2 atom stereocenters. The van der Waals surface area contributed by atoms with Gasteiger partial charge in [-0.2, -0.15) is 5.10 Å². The van der Waals surface area contributed by atoms with E-state index in [1.165, 1.54) is 24.3 Å². The van der Waals surface area contributed by atoms with E-state index in [1.807, 2.05) is 0 Å². The van der Waals surface area contributed by atoms with Gasteiger partial charge >= 0.3 is 0 Å².